The van der Waals surface area contributed by atoms with Crippen LogP contribution in [0.5, 0.6) is 0 Å². The van der Waals surface area contributed by atoms with Gasteiger partial charge in [0.25, 0.3) is 0 Å². The third kappa shape index (κ3) is 3.08. The maximum absolute atomic E-state index is 12.9. The number of amides is 1. The van der Waals surface area contributed by atoms with Gasteiger partial charge >= 0.3 is 5.97 Å². The minimum absolute atomic E-state index is 0.108. The molecule has 1 aliphatic rings. The van der Waals surface area contributed by atoms with Gasteiger partial charge in [-0.3, -0.25) is 14.9 Å². The lowest BCUT2D eigenvalue weighted by atomic mass is 9.77. The van der Waals surface area contributed by atoms with E-state index in [4.69, 9.17) is 5.11 Å². The molecule has 102 valence electrons. The molecule has 0 aromatic heterocycles. The van der Waals surface area contributed by atoms with Crippen LogP contribution in [0.25, 0.3) is 0 Å². The van der Waals surface area contributed by atoms with Gasteiger partial charge in [0.15, 0.2) is 0 Å². The van der Waals surface area contributed by atoms with Crippen LogP contribution >= 0.6 is 0 Å². The van der Waals surface area contributed by atoms with Crippen LogP contribution in [-0.4, -0.2) is 29.1 Å². The number of carboxylic acids is 1. The lowest BCUT2D eigenvalue weighted by Crippen LogP contribution is -2.58. The Morgan fingerprint density at radius 3 is 2.63 bits per heavy atom. The molecule has 6 heteroatoms. The van der Waals surface area contributed by atoms with Crippen molar-refractivity contribution >= 4 is 17.6 Å². The first-order valence-corrected chi connectivity index (χ1v) is 6.06. The number of anilines is 1. The van der Waals surface area contributed by atoms with Gasteiger partial charge in [0.1, 0.15) is 11.4 Å². The van der Waals surface area contributed by atoms with Gasteiger partial charge in [0.2, 0.25) is 5.91 Å². The molecule has 0 unspecified atom stereocenters. The zero-order valence-corrected chi connectivity index (χ0v) is 10.3. The number of benzene rings is 1. The second kappa shape index (κ2) is 5.36. The highest BCUT2D eigenvalue weighted by Gasteiger charge is 2.44. The number of hydrogen-bond donors (Lipinski definition) is 3. The highest BCUT2D eigenvalue weighted by Crippen LogP contribution is 2.31. The number of rotatable bonds is 5. The third-order valence-electron chi connectivity index (χ3n) is 3.31. The molecule has 3 N–H and O–H groups in total. The van der Waals surface area contributed by atoms with E-state index in [-0.39, 0.29) is 6.54 Å². The minimum Gasteiger partial charge on any atom is -0.480 e. The quantitative estimate of drug-likeness (QED) is 0.752. The summed E-state index contributed by atoms with van der Waals surface area (Å²) in [6.07, 6.45) is 1.88. The van der Waals surface area contributed by atoms with E-state index in [9.17, 15) is 14.0 Å². The number of nitrogens with one attached hydrogen (secondary N) is 2. The van der Waals surface area contributed by atoms with Crippen LogP contribution in [0.1, 0.15) is 19.3 Å². The van der Waals surface area contributed by atoms with Crippen molar-refractivity contribution in [2.24, 2.45) is 0 Å². The summed E-state index contributed by atoms with van der Waals surface area (Å²) in [7, 11) is 0. The van der Waals surface area contributed by atoms with Gasteiger partial charge in [0.05, 0.1) is 6.54 Å². The van der Waals surface area contributed by atoms with Crippen molar-refractivity contribution in [2.75, 3.05) is 11.9 Å². The molecule has 0 heterocycles. The molecule has 1 aromatic rings. The second-order valence-electron chi connectivity index (χ2n) is 4.65. The normalized spacial score (nSPS) is 16.5. The second-order valence-corrected chi connectivity index (χ2v) is 4.65. The number of carbonyl (C=O) groups is 2. The molecule has 2 rings (SSSR count). The predicted molar refractivity (Wildman–Crippen MR) is 67.3 cm³/mol. The summed E-state index contributed by atoms with van der Waals surface area (Å²) in [5, 5.41) is 14.3. The van der Waals surface area contributed by atoms with Crippen LogP contribution < -0.4 is 10.6 Å². The number of carbonyl (C=O) groups excluding carboxylic acids is 1. The number of hydrogen-bond acceptors (Lipinski definition) is 3. The first kappa shape index (κ1) is 13.5. The Bertz CT molecular complexity index is 500. The summed E-state index contributed by atoms with van der Waals surface area (Å²) in [6, 6.07) is 5.54. The van der Waals surface area contributed by atoms with E-state index in [1.54, 1.807) is 6.07 Å². The van der Waals surface area contributed by atoms with Crippen molar-refractivity contribution in [1.29, 1.82) is 0 Å². The summed E-state index contributed by atoms with van der Waals surface area (Å²) in [4.78, 5) is 22.7. The number of halogens is 1. The third-order valence-corrected chi connectivity index (χ3v) is 3.31. The van der Waals surface area contributed by atoms with Gasteiger partial charge in [0, 0.05) is 5.69 Å². The van der Waals surface area contributed by atoms with Crippen LogP contribution in [0.15, 0.2) is 24.3 Å². The number of carboxylic acid groups (broad SMARTS) is 1. The van der Waals surface area contributed by atoms with Crippen LogP contribution in [0, 0.1) is 5.82 Å². The zero-order valence-electron chi connectivity index (χ0n) is 10.3. The highest BCUT2D eigenvalue weighted by atomic mass is 19.1. The van der Waals surface area contributed by atoms with E-state index in [2.05, 4.69) is 10.6 Å². The van der Waals surface area contributed by atoms with E-state index in [1.165, 1.54) is 18.2 Å². The molecule has 1 fully saturated rings. The van der Waals surface area contributed by atoms with Crippen molar-refractivity contribution in [3.8, 4) is 0 Å². The van der Waals surface area contributed by atoms with E-state index >= 15 is 0 Å². The van der Waals surface area contributed by atoms with Gasteiger partial charge in [-0.1, -0.05) is 6.07 Å². The highest BCUT2D eigenvalue weighted by molar-refractivity contribution is 5.93. The molecule has 0 atom stereocenters. The Kier molecular flexibility index (Phi) is 3.80. The largest absolute Gasteiger partial charge is 0.480 e. The summed E-state index contributed by atoms with van der Waals surface area (Å²) < 4.78 is 12.9. The predicted octanol–water partition coefficient (Wildman–Crippen LogP) is 1.36. The molecule has 1 amide bonds. The summed E-state index contributed by atoms with van der Waals surface area (Å²) >= 11 is 0. The van der Waals surface area contributed by atoms with Gasteiger partial charge < -0.3 is 10.4 Å². The summed E-state index contributed by atoms with van der Waals surface area (Å²) in [5.74, 6) is -1.76. The molecule has 0 radical (unpaired) electrons. The molecular weight excluding hydrogens is 251 g/mol. The van der Waals surface area contributed by atoms with E-state index in [0.717, 1.165) is 6.42 Å². The smallest absolute Gasteiger partial charge is 0.323 e. The monoisotopic (exact) mass is 266 g/mol. The summed E-state index contributed by atoms with van der Waals surface area (Å²) in [5.41, 5.74) is -0.621. The van der Waals surface area contributed by atoms with Gasteiger partial charge in [-0.2, -0.15) is 0 Å². The van der Waals surface area contributed by atoms with Gasteiger partial charge in [-0.25, -0.2) is 4.39 Å². The maximum atomic E-state index is 12.9. The van der Waals surface area contributed by atoms with E-state index < -0.39 is 23.2 Å². The van der Waals surface area contributed by atoms with Crippen molar-refractivity contribution in [3.05, 3.63) is 30.1 Å². The van der Waals surface area contributed by atoms with Gasteiger partial charge in [-0.05, 0) is 37.5 Å². The Labute approximate surface area is 109 Å². The molecule has 1 aliphatic carbocycles. The molecular formula is C13H15FN2O3. The Morgan fingerprint density at radius 2 is 2.11 bits per heavy atom. The van der Waals surface area contributed by atoms with Crippen LogP contribution in [0.4, 0.5) is 10.1 Å². The fraction of sp³-hybridized carbons (Fsp3) is 0.385. The van der Waals surface area contributed by atoms with E-state index in [1.807, 2.05) is 0 Å². The Morgan fingerprint density at radius 1 is 1.37 bits per heavy atom. The molecule has 0 bridgehead atoms. The summed E-state index contributed by atoms with van der Waals surface area (Å²) in [6.45, 7) is -0.108. The van der Waals surface area contributed by atoms with Crippen LogP contribution in [0.2, 0.25) is 0 Å². The van der Waals surface area contributed by atoms with Crippen molar-refractivity contribution < 1.29 is 19.1 Å². The van der Waals surface area contributed by atoms with Crippen molar-refractivity contribution in [2.45, 2.75) is 24.8 Å². The molecule has 0 aliphatic heterocycles. The lowest BCUT2D eigenvalue weighted by Gasteiger charge is -2.38. The first-order chi connectivity index (χ1) is 9.02. The zero-order chi connectivity index (χ0) is 13.9. The Hall–Kier alpha value is -1.95. The minimum atomic E-state index is -0.973. The average Bonchev–Trinajstić information content (AvgIpc) is 2.26. The SMILES string of the molecule is O=C(CNC1(C(=O)O)CCC1)Nc1cccc(F)c1. The average molecular weight is 266 g/mol. The molecule has 0 spiro atoms. The van der Waals surface area contributed by atoms with E-state index in [0.29, 0.717) is 18.5 Å². The van der Waals surface area contributed by atoms with Gasteiger partial charge in [-0.15, -0.1) is 0 Å². The molecule has 5 nitrogen and oxygen atoms in total. The van der Waals surface area contributed by atoms with Crippen molar-refractivity contribution in [1.82, 2.24) is 5.32 Å². The Balaban J connectivity index is 1.87. The standard InChI is InChI=1S/C13H15FN2O3/c14-9-3-1-4-10(7-9)16-11(17)8-15-13(12(18)19)5-2-6-13/h1,3-4,7,15H,2,5-6,8H2,(H,16,17)(H,18,19). The first-order valence-electron chi connectivity index (χ1n) is 6.06. The van der Waals surface area contributed by atoms with Crippen LogP contribution in [-0.2, 0) is 9.59 Å². The molecule has 0 saturated heterocycles. The van der Waals surface area contributed by atoms with Crippen LogP contribution in [0.3, 0.4) is 0 Å². The topological polar surface area (TPSA) is 78.4 Å². The lowest BCUT2D eigenvalue weighted by molar-refractivity contribution is -0.148. The fourth-order valence-electron chi connectivity index (χ4n) is 2.02. The number of aliphatic carboxylic acids is 1. The molecule has 1 aromatic carbocycles. The van der Waals surface area contributed by atoms with Crippen molar-refractivity contribution in [3.63, 3.8) is 0 Å². The molecule has 1 saturated carbocycles. The fourth-order valence-corrected chi connectivity index (χ4v) is 2.02. The molecule has 19 heavy (non-hydrogen) atoms. The maximum Gasteiger partial charge on any atom is 0.323 e.